The van der Waals surface area contributed by atoms with Crippen molar-refractivity contribution in [3.63, 3.8) is 0 Å². The average Bonchev–Trinajstić information content (AvgIpc) is 2.04. The molecular formula is C9H17NO2S. The topological polar surface area (TPSA) is 37.4 Å². The highest BCUT2D eigenvalue weighted by atomic mass is 32.2. The molecule has 0 spiro atoms. The number of rotatable bonds is 5. The second-order valence-corrected chi connectivity index (χ2v) is 4.53. The van der Waals surface area contributed by atoms with Gasteiger partial charge in [0.15, 0.2) is 0 Å². The van der Waals surface area contributed by atoms with E-state index in [2.05, 4.69) is 0 Å². The van der Waals surface area contributed by atoms with Gasteiger partial charge in [0, 0.05) is 17.7 Å². The molecule has 0 aliphatic heterocycles. The van der Waals surface area contributed by atoms with Gasteiger partial charge in [-0.15, -0.1) is 0 Å². The Morgan fingerprint density at radius 3 is 2.31 bits per heavy atom. The molecule has 0 bridgehead atoms. The van der Waals surface area contributed by atoms with Gasteiger partial charge in [-0.25, -0.2) is 0 Å². The first-order chi connectivity index (χ1) is 6.02. The maximum absolute atomic E-state index is 11.5. The van der Waals surface area contributed by atoms with E-state index < -0.39 is 0 Å². The summed E-state index contributed by atoms with van der Waals surface area (Å²) in [5.41, 5.74) is 0. The lowest BCUT2D eigenvalue weighted by molar-refractivity contribution is -0.139. The number of amides is 2. The van der Waals surface area contributed by atoms with E-state index in [1.54, 1.807) is 11.8 Å². The molecule has 13 heavy (non-hydrogen) atoms. The number of thioether (sulfide) groups is 1. The first kappa shape index (κ1) is 12.5. The molecule has 0 heterocycles. The molecule has 0 rings (SSSR count). The standard InChI is InChI=1S/C9H17NO2S/c1-7(2)10(6-11)9(12)5-8(3)13-4/h6-8H,5H2,1-4H3. The quantitative estimate of drug-likeness (QED) is 0.636. The van der Waals surface area contributed by atoms with E-state index in [4.69, 9.17) is 0 Å². The highest BCUT2D eigenvalue weighted by Crippen LogP contribution is 2.11. The van der Waals surface area contributed by atoms with Crippen LogP contribution in [0.5, 0.6) is 0 Å². The Kier molecular flexibility index (Phi) is 5.79. The van der Waals surface area contributed by atoms with Gasteiger partial charge in [0.05, 0.1) is 0 Å². The van der Waals surface area contributed by atoms with Gasteiger partial charge in [0.1, 0.15) is 0 Å². The van der Waals surface area contributed by atoms with Gasteiger partial charge in [-0.1, -0.05) is 6.92 Å². The van der Waals surface area contributed by atoms with Crippen LogP contribution in [0, 0.1) is 0 Å². The number of imide groups is 1. The molecule has 0 radical (unpaired) electrons. The van der Waals surface area contributed by atoms with Crippen molar-refractivity contribution in [2.45, 2.75) is 38.5 Å². The smallest absolute Gasteiger partial charge is 0.230 e. The number of hydrogen-bond acceptors (Lipinski definition) is 3. The molecule has 0 aromatic rings. The SMILES string of the molecule is CSC(C)CC(=O)N(C=O)C(C)C. The third kappa shape index (κ3) is 4.31. The second-order valence-electron chi connectivity index (χ2n) is 3.25. The Morgan fingerprint density at radius 2 is 2.00 bits per heavy atom. The van der Waals surface area contributed by atoms with Gasteiger partial charge in [0.25, 0.3) is 0 Å². The van der Waals surface area contributed by atoms with E-state index in [0.717, 1.165) is 0 Å². The van der Waals surface area contributed by atoms with Crippen LogP contribution in [0.15, 0.2) is 0 Å². The summed E-state index contributed by atoms with van der Waals surface area (Å²) in [7, 11) is 0. The molecule has 2 amide bonds. The van der Waals surface area contributed by atoms with Crippen LogP contribution < -0.4 is 0 Å². The molecule has 0 aromatic carbocycles. The second kappa shape index (κ2) is 6.02. The fraction of sp³-hybridized carbons (Fsp3) is 0.778. The Hall–Kier alpha value is -0.510. The summed E-state index contributed by atoms with van der Waals surface area (Å²) in [6.45, 7) is 5.64. The maximum atomic E-state index is 11.5. The first-order valence-electron chi connectivity index (χ1n) is 4.32. The lowest BCUT2D eigenvalue weighted by atomic mass is 10.2. The molecule has 0 saturated carbocycles. The van der Waals surface area contributed by atoms with E-state index >= 15 is 0 Å². The molecule has 0 fully saturated rings. The van der Waals surface area contributed by atoms with Crippen molar-refractivity contribution < 1.29 is 9.59 Å². The van der Waals surface area contributed by atoms with Crippen molar-refractivity contribution in [3.05, 3.63) is 0 Å². The zero-order valence-electron chi connectivity index (χ0n) is 8.61. The van der Waals surface area contributed by atoms with Crippen LogP contribution in [0.3, 0.4) is 0 Å². The summed E-state index contributed by atoms with van der Waals surface area (Å²) in [5.74, 6) is -0.0909. The predicted octanol–water partition coefficient (Wildman–Crippen LogP) is 1.52. The fourth-order valence-corrected chi connectivity index (χ4v) is 1.21. The van der Waals surface area contributed by atoms with Crippen molar-refractivity contribution in [1.82, 2.24) is 4.90 Å². The van der Waals surface area contributed by atoms with Crippen molar-refractivity contribution in [2.75, 3.05) is 6.26 Å². The number of carbonyl (C=O) groups excluding carboxylic acids is 2. The van der Waals surface area contributed by atoms with E-state index in [9.17, 15) is 9.59 Å². The van der Waals surface area contributed by atoms with Crippen molar-refractivity contribution in [3.8, 4) is 0 Å². The molecule has 0 saturated heterocycles. The minimum atomic E-state index is -0.0909. The highest BCUT2D eigenvalue weighted by Gasteiger charge is 2.17. The van der Waals surface area contributed by atoms with Crippen LogP contribution in [0.1, 0.15) is 27.2 Å². The Balaban J connectivity index is 4.14. The van der Waals surface area contributed by atoms with E-state index in [-0.39, 0.29) is 17.2 Å². The molecule has 3 nitrogen and oxygen atoms in total. The molecule has 0 aliphatic rings. The molecule has 1 atom stereocenters. The lowest BCUT2D eigenvalue weighted by Crippen LogP contribution is -2.36. The van der Waals surface area contributed by atoms with Crippen LogP contribution in [0.4, 0.5) is 0 Å². The van der Waals surface area contributed by atoms with Crippen molar-refractivity contribution in [1.29, 1.82) is 0 Å². The van der Waals surface area contributed by atoms with Crippen molar-refractivity contribution in [2.24, 2.45) is 0 Å². The normalized spacial score (nSPS) is 12.7. The first-order valence-corrected chi connectivity index (χ1v) is 5.61. The van der Waals surface area contributed by atoms with Gasteiger partial charge < -0.3 is 0 Å². The van der Waals surface area contributed by atoms with Crippen LogP contribution in [-0.4, -0.2) is 34.8 Å². The lowest BCUT2D eigenvalue weighted by Gasteiger charge is -2.20. The monoisotopic (exact) mass is 203 g/mol. The van der Waals surface area contributed by atoms with Gasteiger partial charge >= 0.3 is 0 Å². The zero-order chi connectivity index (χ0) is 10.4. The summed E-state index contributed by atoms with van der Waals surface area (Å²) in [4.78, 5) is 23.3. The average molecular weight is 203 g/mol. The minimum absolute atomic E-state index is 0.0425. The number of nitrogens with zero attached hydrogens (tertiary/aromatic N) is 1. The van der Waals surface area contributed by atoms with Gasteiger partial charge in [-0.3, -0.25) is 14.5 Å². The number of hydrogen-bond donors (Lipinski definition) is 0. The Bertz CT molecular complexity index is 182. The van der Waals surface area contributed by atoms with Gasteiger partial charge in [-0.2, -0.15) is 11.8 Å². The third-order valence-corrected chi connectivity index (χ3v) is 2.79. The third-order valence-electron chi connectivity index (χ3n) is 1.82. The molecule has 0 aliphatic carbocycles. The molecule has 1 unspecified atom stereocenters. The Labute approximate surface area is 83.9 Å². The zero-order valence-corrected chi connectivity index (χ0v) is 9.43. The molecular weight excluding hydrogens is 186 g/mol. The molecule has 0 aromatic heterocycles. The predicted molar refractivity (Wildman–Crippen MR) is 55.6 cm³/mol. The number of carbonyl (C=O) groups is 2. The van der Waals surface area contributed by atoms with E-state index in [0.29, 0.717) is 12.8 Å². The fourth-order valence-electron chi connectivity index (χ4n) is 0.903. The van der Waals surface area contributed by atoms with Crippen LogP contribution in [0.2, 0.25) is 0 Å². The molecule has 76 valence electrons. The Morgan fingerprint density at radius 1 is 1.46 bits per heavy atom. The molecule has 4 heteroatoms. The highest BCUT2D eigenvalue weighted by molar-refractivity contribution is 7.99. The van der Waals surface area contributed by atoms with E-state index in [1.165, 1.54) is 4.90 Å². The minimum Gasteiger partial charge on any atom is -0.283 e. The summed E-state index contributed by atoms with van der Waals surface area (Å²) in [6.07, 6.45) is 3.00. The summed E-state index contributed by atoms with van der Waals surface area (Å²) < 4.78 is 0. The summed E-state index contributed by atoms with van der Waals surface area (Å²) in [5, 5.41) is 0.272. The van der Waals surface area contributed by atoms with Crippen LogP contribution in [-0.2, 0) is 9.59 Å². The van der Waals surface area contributed by atoms with Crippen LogP contribution >= 0.6 is 11.8 Å². The van der Waals surface area contributed by atoms with Gasteiger partial charge in [-0.05, 0) is 20.1 Å². The largest absolute Gasteiger partial charge is 0.283 e. The van der Waals surface area contributed by atoms with Crippen LogP contribution in [0.25, 0.3) is 0 Å². The maximum Gasteiger partial charge on any atom is 0.230 e. The molecule has 0 N–H and O–H groups in total. The van der Waals surface area contributed by atoms with Crippen molar-refractivity contribution >= 4 is 24.1 Å². The summed E-state index contributed by atoms with van der Waals surface area (Å²) in [6, 6.07) is -0.0425. The summed E-state index contributed by atoms with van der Waals surface area (Å²) >= 11 is 1.63. The van der Waals surface area contributed by atoms with E-state index in [1.807, 2.05) is 27.0 Å². The van der Waals surface area contributed by atoms with Gasteiger partial charge in [0.2, 0.25) is 12.3 Å².